The van der Waals surface area contributed by atoms with Crippen molar-refractivity contribution in [1.82, 2.24) is 4.90 Å². The molecule has 1 aliphatic rings. The summed E-state index contributed by atoms with van der Waals surface area (Å²) in [6.45, 7) is 0.772. The van der Waals surface area contributed by atoms with E-state index in [1.54, 1.807) is 17.0 Å². The van der Waals surface area contributed by atoms with Crippen LogP contribution in [0.2, 0.25) is 0 Å². The van der Waals surface area contributed by atoms with Gasteiger partial charge in [0.1, 0.15) is 6.04 Å². The summed E-state index contributed by atoms with van der Waals surface area (Å²) >= 11 is 0. The van der Waals surface area contributed by atoms with Gasteiger partial charge < -0.3 is 9.52 Å². The minimum absolute atomic E-state index is 0.116. The Morgan fingerprint density at radius 1 is 1.47 bits per heavy atom. The number of hydrogen-bond donors (Lipinski definition) is 1. The molecule has 0 amide bonds. The van der Waals surface area contributed by atoms with Gasteiger partial charge in [-0.3, -0.25) is 14.5 Å². The summed E-state index contributed by atoms with van der Waals surface area (Å²) in [6.07, 6.45) is 3.90. The summed E-state index contributed by atoms with van der Waals surface area (Å²) in [6, 6.07) is 2.71. The van der Waals surface area contributed by atoms with Crippen LogP contribution in [0.3, 0.4) is 0 Å². The first-order valence-electron chi connectivity index (χ1n) is 5.72. The lowest BCUT2D eigenvalue weighted by atomic mass is 10.0. The van der Waals surface area contributed by atoms with E-state index in [-0.39, 0.29) is 12.3 Å². The maximum atomic E-state index is 11.8. The van der Waals surface area contributed by atoms with E-state index >= 15 is 0 Å². The second kappa shape index (κ2) is 5.14. The maximum absolute atomic E-state index is 11.8. The highest BCUT2D eigenvalue weighted by molar-refractivity contribution is 5.95. The van der Waals surface area contributed by atoms with Crippen molar-refractivity contribution in [2.75, 3.05) is 13.1 Å². The molecule has 1 N–H and O–H groups in total. The molecule has 5 heteroatoms. The van der Waals surface area contributed by atoms with Crippen LogP contribution < -0.4 is 0 Å². The molecule has 0 spiro atoms. The maximum Gasteiger partial charge on any atom is 0.320 e. The predicted molar refractivity (Wildman–Crippen MR) is 59.9 cm³/mol. The van der Waals surface area contributed by atoms with Crippen molar-refractivity contribution in [1.29, 1.82) is 0 Å². The van der Waals surface area contributed by atoms with Crippen LogP contribution in [0.4, 0.5) is 0 Å². The zero-order valence-electron chi connectivity index (χ0n) is 9.46. The molecule has 1 atom stereocenters. The Labute approximate surface area is 99.0 Å². The van der Waals surface area contributed by atoms with Crippen molar-refractivity contribution in [3.8, 4) is 0 Å². The predicted octanol–water partition coefficient (Wildman–Crippen LogP) is 1.40. The Morgan fingerprint density at radius 2 is 2.29 bits per heavy atom. The van der Waals surface area contributed by atoms with Gasteiger partial charge in [-0.15, -0.1) is 0 Å². The third-order valence-electron chi connectivity index (χ3n) is 3.04. The Bertz CT molecular complexity index is 399. The van der Waals surface area contributed by atoms with E-state index in [4.69, 9.17) is 9.52 Å². The number of carbonyl (C=O) groups excluding carboxylic acids is 1. The van der Waals surface area contributed by atoms with Gasteiger partial charge in [0.15, 0.2) is 5.76 Å². The molecule has 5 nitrogen and oxygen atoms in total. The zero-order valence-corrected chi connectivity index (χ0v) is 9.46. The Hall–Kier alpha value is -1.62. The van der Waals surface area contributed by atoms with E-state index in [1.807, 2.05) is 0 Å². The zero-order chi connectivity index (χ0) is 12.3. The molecule has 1 saturated heterocycles. The number of piperidine rings is 1. The first kappa shape index (κ1) is 11.9. The third-order valence-corrected chi connectivity index (χ3v) is 3.04. The normalized spacial score (nSPS) is 21.3. The molecule has 0 bridgehead atoms. The number of carboxylic acid groups (broad SMARTS) is 1. The molecular weight excluding hydrogens is 222 g/mol. The topological polar surface area (TPSA) is 70.8 Å². The largest absolute Gasteiger partial charge is 0.480 e. The fourth-order valence-corrected chi connectivity index (χ4v) is 2.16. The fourth-order valence-electron chi connectivity index (χ4n) is 2.16. The summed E-state index contributed by atoms with van der Waals surface area (Å²) < 4.78 is 5.01. The molecule has 0 aliphatic carbocycles. The first-order valence-corrected chi connectivity index (χ1v) is 5.72. The van der Waals surface area contributed by atoms with Crippen LogP contribution in [0.25, 0.3) is 0 Å². The first-order chi connectivity index (χ1) is 8.18. The van der Waals surface area contributed by atoms with Crippen molar-refractivity contribution in [3.63, 3.8) is 0 Å². The van der Waals surface area contributed by atoms with Gasteiger partial charge in [0.05, 0.1) is 12.8 Å². The number of hydrogen-bond acceptors (Lipinski definition) is 4. The molecule has 1 fully saturated rings. The summed E-state index contributed by atoms with van der Waals surface area (Å²) in [4.78, 5) is 24.6. The van der Waals surface area contributed by atoms with Crippen LogP contribution in [0, 0.1) is 0 Å². The molecule has 1 aromatic heterocycles. The quantitative estimate of drug-likeness (QED) is 0.801. The molecule has 0 unspecified atom stereocenters. The number of aliphatic carboxylic acids is 1. The van der Waals surface area contributed by atoms with Crippen LogP contribution in [0.5, 0.6) is 0 Å². The number of nitrogens with zero attached hydrogens (tertiary/aromatic N) is 1. The van der Waals surface area contributed by atoms with E-state index in [1.165, 1.54) is 6.26 Å². The van der Waals surface area contributed by atoms with Crippen LogP contribution in [-0.4, -0.2) is 40.9 Å². The minimum Gasteiger partial charge on any atom is -0.480 e. The van der Waals surface area contributed by atoms with Gasteiger partial charge in [-0.1, -0.05) is 6.42 Å². The molecule has 0 aromatic carbocycles. The second-order valence-electron chi connectivity index (χ2n) is 4.22. The molecule has 1 aliphatic heterocycles. The highest BCUT2D eigenvalue weighted by Gasteiger charge is 2.30. The van der Waals surface area contributed by atoms with Crippen LogP contribution in [0.15, 0.2) is 22.8 Å². The van der Waals surface area contributed by atoms with Crippen LogP contribution >= 0.6 is 0 Å². The van der Waals surface area contributed by atoms with Crippen LogP contribution in [-0.2, 0) is 4.79 Å². The van der Waals surface area contributed by atoms with E-state index in [9.17, 15) is 9.59 Å². The van der Waals surface area contributed by atoms with Gasteiger partial charge in [0.25, 0.3) is 0 Å². The monoisotopic (exact) mass is 237 g/mol. The van der Waals surface area contributed by atoms with Crippen molar-refractivity contribution < 1.29 is 19.1 Å². The lowest BCUT2D eigenvalue weighted by molar-refractivity contribution is -0.144. The van der Waals surface area contributed by atoms with Crippen molar-refractivity contribution >= 4 is 11.8 Å². The molecule has 92 valence electrons. The lowest BCUT2D eigenvalue weighted by Crippen LogP contribution is -2.46. The number of carbonyl (C=O) groups is 2. The number of rotatable bonds is 4. The molecule has 2 rings (SSSR count). The van der Waals surface area contributed by atoms with Gasteiger partial charge in [-0.05, 0) is 31.5 Å². The molecule has 1 aromatic rings. The van der Waals surface area contributed by atoms with E-state index in [2.05, 4.69) is 0 Å². The highest BCUT2D eigenvalue weighted by Crippen LogP contribution is 2.17. The van der Waals surface area contributed by atoms with E-state index in [0.29, 0.717) is 18.7 Å². The van der Waals surface area contributed by atoms with Crippen molar-refractivity contribution in [2.24, 2.45) is 0 Å². The third kappa shape index (κ3) is 2.74. The average molecular weight is 237 g/mol. The van der Waals surface area contributed by atoms with Crippen molar-refractivity contribution in [3.05, 3.63) is 24.2 Å². The molecule has 0 saturated carbocycles. The Kier molecular flexibility index (Phi) is 3.58. The minimum atomic E-state index is -0.850. The fraction of sp³-hybridized carbons (Fsp3) is 0.500. The summed E-state index contributed by atoms with van der Waals surface area (Å²) in [7, 11) is 0. The summed E-state index contributed by atoms with van der Waals surface area (Å²) in [5.74, 6) is -0.722. The second-order valence-corrected chi connectivity index (χ2v) is 4.22. The number of carboxylic acids is 1. The molecule has 17 heavy (non-hydrogen) atoms. The number of Topliss-reactive ketones (excluding diaryl/α,β-unsaturated/α-hetero) is 1. The highest BCUT2D eigenvalue weighted by atomic mass is 16.4. The average Bonchev–Trinajstić information content (AvgIpc) is 2.83. The molecule has 2 heterocycles. The Morgan fingerprint density at radius 3 is 2.94 bits per heavy atom. The van der Waals surface area contributed by atoms with Gasteiger partial charge in [0.2, 0.25) is 5.78 Å². The van der Waals surface area contributed by atoms with Gasteiger partial charge in [-0.25, -0.2) is 0 Å². The summed E-state index contributed by atoms with van der Waals surface area (Å²) in [5.41, 5.74) is 0. The lowest BCUT2D eigenvalue weighted by Gasteiger charge is -2.31. The molecular formula is C12H15NO4. The molecule has 0 radical (unpaired) electrons. The van der Waals surface area contributed by atoms with Gasteiger partial charge in [-0.2, -0.15) is 0 Å². The SMILES string of the molecule is O=C(CN1CCCC[C@H]1C(=O)O)c1ccco1. The van der Waals surface area contributed by atoms with E-state index in [0.717, 1.165) is 12.8 Å². The number of furan rings is 1. The van der Waals surface area contributed by atoms with E-state index < -0.39 is 12.0 Å². The smallest absolute Gasteiger partial charge is 0.320 e. The summed E-state index contributed by atoms with van der Waals surface area (Å²) in [5, 5.41) is 9.08. The standard InChI is InChI=1S/C12H15NO4/c14-10(11-5-3-7-17-11)8-13-6-2-1-4-9(13)12(15)16/h3,5,7,9H,1-2,4,6,8H2,(H,15,16)/t9-/m0/s1. The van der Waals surface area contributed by atoms with Crippen LogP contribution in [0.1, 0.15) is 29.8 Å². The Balaban J connectivity index is 2.01. The number of likely N-dealkylation sites (tertiary alicyclic amines) is 1. The van der Waals surface area contributed by atoms with Crippen molar-refractivity contribution in [2.45, 2.75) is 25.3 Å². The van der Waals surface area contributed by atoms with Gasteiger partial charge >= 0.3 is 5.97 Å². The van der Waals surface area contributed by atoms with Gasteiger partial charge in [0, 0.05) is 0 Å². The number of ketones is 1.